The van der Waals surface area contributed by atoms with Gasteiger partial charge in [0.1, 0.15) is 12.0 Å². The van der Waals surface area contributed by atoms with E-state index in [9.17, 15) is 0 Å². The number of nitrogens with zero attached hydrogens (tertiary/aromatic N) is 1. The van der Waals surface area contributed by atoms with Gasteiger partial charge in [-0.15, -0.1) is 11.3 Å². The Kier molecular flexibility index (Phi) is 2.69. The maximum atomic E-state index is 5.14. The summed E-state index contributed by atoms with van der Waals surface area (Å²) in [6.07, 6.45) is 2.78. The van der Waals surface area contributed by atoms with Gasteiger partial charge in [-0.1, -0.05) is 6.92 Å². The average molecular weight is 305 g/mol. The Hall–Kier alpha value is -0.360. The summed E-state index contributed by atoms with van der Waals surface area (Å²) < 4.78 is 5.84. The van der Waals surface area contributed by atoms with Crippen LogP contribution in [0.3, 0.4) is 0 Å². The van der Waals surface area contributed by atoms with Crippen LogP contribution in [-0.2, 0) is 6.42 Å². The average Bonchev–Trinajstić information content (AvgIpc) is 2.71. The minimum absolute atomic E-state index is 0.694. The Labute approximate surface area is 94.1 Å². The van der Waals surface area contributed by atoms with E-state index in [0.29, 0.717) is 3.90 Å². The van der Waals surface area contributed by atoms with Crippen LogP contribution < -0.4 is 0 Å². The van der Waals surface area contributed by atoms with Crippen molar-refractivity contribution in [3.8, 4) is 10.6 Å². The number of rotatable bonds is 2. The number of halogens is 1. The summed E-state index contributed by atoms with van der Waals surface area (Å²) in [6, 6.07) is 4.24. The van der Waals surface area contributed by atoms with Gasteiger partial charge < -0.3 is 4.42 Å². The predicted molar refractivity (Wildman–Crippen MR) is 61.9 cm³/mol. The first kappa shape index (κ1) is 9.21. The molecule has 0 amide bonds. The van der Waals surface area contributed by atoms with Crippen LogP contribution in [-0.4, -0.2) is 4.98 Å². The third-order valence-electron chi connectivity index (χ3n) is 1.74. The molecule has 2 nitrogen and oxygen atoms in total. The third kappa shape index (κ3) is 1.94. The molecule has 2 aromatic heterocycles. The highest BCUT2D eigenvalue weighted by Gasteiger charge is 2.06. The molecule has 0 unspecified atom stereocenters. The summed E-state index contributed by atoms with van der Waals surface area (Å²) in [7, 11) is 0. The van der Waals surface area contributed by atoms with E-state index in [1.54, 1.807) is 17.6 Å². The van der Waals surface area contributed by atoms with E-state index in [1.807, 2.05) is 0 Å². The minimum atomic E-state index is 0.694. The lowest BCUT2D eigenvalue weighted by Crippen LogP contribution is -1.70. The number of aryl methyl sites for hydroxylation is 1. The van der Waals surface area contributed by atoms with Gasteiger partial charge >= 0.3 is 0 Å². The fraction of sp³-hybridized carbons (Fsp3) is 0.222. The Morgan fingerprint density at radius 2 is 2.38 bits per heavy atom. The zero-order chi connectivity index (χ0) is 9.26. The Morgan fingerprint density at radius 1 is 1.54 bits per heavy atom. The molecule has 13 heavy (non-hydrogen) atoms. The molecule has 0 N–H and O–H groups in total. The van der Waals surface area contributed by atoms with Crippen molar-refractivity contribution in [2.24, 2.45) is 0 Å². The fourth-order valence-electron chi connectivity index (χ4n) is 1.07. The monoisotopic (exact) mass is 305 g/mol. The lowest BCUT2D eigenvalue weighted by molar-refractivity contribution is 0.525. The highest BCUT2D eigenvalue weighted by atomic mass is 127. The second kappa shape index (κ2) is 3.79. The second-order valence-electron chi connectivity index (χ2n) is 2.61. The third-order valence-corrected chi connectivity index (χ3v) is 3.49. The van der Waals surface area contributed by atoms with Crippen LogP contribution in [0.2, 0.25) is 0 Å². The van der Waals surface area contributed by atoms with Gasteiger partial charge in [0.25, 0.3) is 3.90 Å². The van der Waals surface area contributed by atoms with Crippen molar-refractivity contribution in [1.29, 1.82) is 0 Å². The second-order valence-corrected chi connectivity index (χ2v) is 4.70. The zero-order valence-corrected chi connectivity index (χ0v) is 10.1. The molecule has 0 aliphatic carbocycles. The fourth-order valence-corrected chi connectivity index (χ4v) is 2.35. The van der Waals surface area contributed by atoms with Crippen LogP contribution >= 0.6 is 33.9 Å². The summed E-state index contributed by atoms with van der Waals surface area (Å²) >= 11 is 3.84. The van der Waals surface area contributed by atoms with Crippen molar-refractivity contribution in [2.75, 3.05) is 0 Å². The normalized spacial score (nSPS) is 10.6. The highest BCUT2D eigenvalue weighted by molar-refractivity contribution is 14.1. The van der Waals surface area contributed by atoms with E-state index in [4.69, 9.17) is 4.42 Å². The van der Waals surface area contributed by atoms with Crippen molar-refractivity contribution in [1.82, 2.24) is 4.98 Å². The molecular formula is C9H8INOS. The Bertz CT molecular complexity index is 407. The molecule has 2 heterocycles. The van der Waals surface area contributed by atoms with Crippen LogP contribution in [0.4, 0.5) is 0 Å². The molecule has 2 rings (SSSR count). The minimum Gasteiger partial charge on any atom is -0.440 e. The van der Waals surface area contributed by atoms with Gasteiger partial charge in [0, 0.05) is 27.5 Å². The molecule has 2 aromatic rings. The maximum absolute atomic E-state index is 5.14. The van der Waals surface area contributed by atoms with Gasteiger partial charge in [0.2, 0.25) is 0 Å². The Balaban J connectivity index is 2.35. The van der Waals surface area contributed by atoms with Crippen molar-refractivity contribution >= 4 is 33.9 Å². The molecule has 0 aliphatic heterocycles. The van der Waals surface area contributed by atoms with Crippen molar-refractivity contribution in [2.45, 2.75) is 13.3 Å². The Morgan fingerprint density at radius 3 is 2.92 bits per heavy atom. The van der Waals surface area contributed by atoms with E-state index in [-0.39, 0.29) is 0 Å². The highest BCUT2D eigenvalue weighted by Crippen LogP contribution is 2.27. The smallest absolute Gasteiger partial charge is 0.257 e. The molecule has 0 aromatic carbocycles. The van der Waals surface area contributed by atoms with Gasteiger partial charge in [-0.3, -0.25) is 0 Å². The molecule has 0 atom stereocenters. The molecule has 0 saturated carbocycles. The number of oxazole rings is 1. The van der Waals surface area contributed by atoms with Crippen LogP contribution in [0.25, 0.3) is 10.6 Å². The number of thiophene rings is 1. The molecule has 0 spiro atoms. The molecule has 0 aliphatic rings. The largest absolute Gasteiger partial charge is 0.440 e. The summed E-state index contributed by atoms with van der Waals surface area (Å²) in [4.78, 5) is 6.83. The van der Waals surface area contributed by atoms with Gasteiger partial charge in [-0.25, -0.2) is 4.98 Å². The number of aromatic nitrogens is 1. The number of hydrogen-bond donors (Lipinski definition) is 0. The SMILES string of the molecule is CCc1ccc(-c2coc(I)n2)s1. The van der Waals surface area contributed by atoms with E-state index < -0.39 is 0 Å². The van der Waals surface area contributed by atoms with E-state index in [2.05, 4.69) is 46.6 Å². The van der Waals surface area contributed by atoms with Crippen molar-refractivity contribution in [3.05, 3.63) is 27.2 Å². The van der Waals surface area contributed by atoms with Crippen LogP contribution in [0.1, 0.15) is 11.8 Å². The molecule has 0 bridgehead atoms. The summed E-state index contributed by atoms with van der Waals surface area (Å²) in [5, 5.41) is 0. The quantitative estimate of drug-likeness (QED) is 0.793. The predicted octanol–water partition coefficient (Wildman–Crippen LogP) is 3.57. The molecular weight excluding hydrogens is 297 g/mol. The molecule has 0 saturated heterocycles. The van der Waals surface area contributed by atoms with Gasteiger partial charge in [0.15, 0.2) is 0 Å². The lowest BCUT2D eigenvalue weighted by atomic mass is 10.3. The van der Waals surface area contributed by atoms with E-state index in [0.717, 1.165) is 12.1 Å². The first-order valence-corrected chi connectivity index (χ1v) is 5.89. The molecule has 0 radical (unpaired) electrons. The summed E-state index contributed by atoms with van der Waals surface area (Å²) in [5.74, 6) is 0. The van der Waals surface area contributed by atoms with Crippen molar-refractivity contribution in [3.63, 3.8) is 0 Å². The zero-order valence-electron chi connectivity index (χ0n) is 7.08. The van der Waals surface area contributed by atoms with Gasteiger partial charge in [-0.05, 0) is 18.6 Å². The van der Waals surface area contributed by atoms with Crippen LogP contribution in [0.5, 0.6) is 0 Å². The van der Waals surface area contributed by atoms with E-state index >= 15 is 0 Å². The molecule has 0 fully saturated rings. The van der Waals surface area contributed by atoms with Gasteiger partial charge in [0.05, 0.1) is 4.88 Å². The number of hydrogen-bond acceptors (Lipinski definition) is 3. The standard InChI is InChI=1S/C9H8INOS/c1-2-6-3-4-8(13-6)7-5-12-9(10)11-7/h3-5H,2H2,1H3. The van der Waals surface area contributed by atoms with Crippen LogP contribution in [0, 0.1) is 3.90 Å². The summed E-state index contributed by atoms with van der Waals surface area (Å²) in [6.45, 7) is 2.15. The van der Waals surface area contributed by atoms with Gasteiger partial charge in [-0.2, -0.15) is 0 Å². The first-order chi connectivity index (χ1) is 6.29. The maximum Gasteiger partial charge on any atom is 0.257 e. The topological polar surface area (TPSA) is 26.0 Å². The molecule has 68 valence electrons. The first-order valence-electron chi connectivity index (χ1n) is 3.99. The lowest BCUT2D eigenvalue weighted by Gasteiger charge is -1.85. The van der Waals surface area contributed by atoms with Crippen LogP contribution in [0.15, 0.2) is 22.8 Å². The molecule has 4 heteroatoms. The van der Waals surface area contributed by atoms with Crippen molar-refractivity contribution < 1.29 is 4.42 Å². The summed E-state index contributed by atoms with van der Waals surface area (Å²) in [5.41, 5.74) is 0.939. The van der Waals surface area contributed by atoms with E-state index in [1.165, 1.54) is 9.75 Å².